The molecule has 2 aliphatic rings. The van der Waals surface area contributed by atoms with Crippen LogP contribution in [0.25, 0.3) is 0 Å². The van der Waals surface area contributed by atoms with Crippen molar-refractivity contribution in [3.05, 3.63) is 35.6 Å². The first kappa shape index (κ1) is 14.4. The zero-order valence-electron chi connectivity index (χ0n) is 11.8. The van der Waals surface area contributed by atoms with E-state index in [0.29, 0.717) is 45.0 Å². The van der Waals surface area contributed by atoms with Gasteiger partial charge in [0, 0.05) is 18.7 Å². The van der Waals surface area contributed by atoms with Crippen LogP contribution in [-0.4, -0.2) is 56.3 Å². The van der Waals surface area contributed by atoms with Crippen LogP contribution < -0.4 is 5.32 Å². The van der Waals surface area contributed by atoms with Gasteiger partial charge in [-0.05, 0) is 6.07 Å². The van der Waals surface area contributed by atoms with Gasteiger partial charge in [0.2, 0.25) is 5.91 Å². The fourth-order valence-electron chi connectivity index (χ4n) is 2.72. The lowest BCUT2D eigenvalue weighted by Gasteiger charge is -2.36. The van der Waals surface area contributed by atoms with Crippen LogP contribution in [-0.2, 0) is 14.3 Å². The van der Waals surface area contributed by atoms with Crippen LogP contribution in [0.15, 0.2) is 24.3 Å². The van der Waals surface area contributed by atoms with Crippen LogP contribution >= 0.6 is 0 Å². The van der Waals surface area contributed by atoms with Crippen LogP contribution in [0.3, 0.4) is 0 Å². The summed E-state index contributed by atoms with van der Waals surface area (Å²) >= 11 is 0. The Morgan fingerprint density at radius 1 is 1.33 bits per heavy atom. The first-order valence-electron chi connectivity index (χ1n) is 7.21. The topological polar surface area (TPSA) is 50.8 Å². The zero-order valence-corrected chi connectivity index (χ0v) is 11.8. The van der Waals surface area contributed by atoms with Gasteiger partial charge >= 0.3 is 0 Å². The van der Waals surface area contributed by atoms with E-state index in [1.807, 2.05) is 0 Å². The summed E-state index contributed by atoms with van der Waals surface area (Å²) in [4.78, 5) is 14.2. The largest absolute Gasteiger partial charge is 0.378 e. The van der Waals surface area contributed by atoms with E-state index in [0.717, 1.165) is 0 Å². The Morgan fingerprint density at radius 3 is 2.95 bits per heavy atom. The maximum atomic E-state index is 13.8. The van der Waals surface area contributed by atoms with E-state index < -0.39 is 6.10 Å². The minimum atomic E-state index is -0.409. The Balaban J connectivity index is 1.68. The minimum Gasteiger partial charge on any atom is -0.378 e. The molecular formula is C15H19FN2O3. The molecule has 0 saturated carbocycles. The first-order valence-corrected chi connectivity index (χ1v) is 7.21. The molecule has 2 saturated heterocycles. The van der Waals surface area contributed by atoms with E-state index >= 15 is 0 Å². The minimum absolute atomic E-state index is 0.000612. The van der Waals surface area contributed by atoms with E-state index in [1.165, 1.54) is 6.07 Å². The van der Waals surface area contributed by atoms with Gasteiger partial charge in [-0.3, -0.25) is 4.79 Å². The first-order chi connectivity index (χ1) is 10.3. The van der Waals surface area contributed by atoms with Crippen molar-refractivity contribution in [1.82, 2.24) is 10.2 Å². The molecule has 1 aromatic carbocycles. The van der Waals surface area contributed by atoms with Gasteiger partial charge in [0.05, 0.1) is 26.4 Å². The van der Waals surface area contributed by atoms with Crippen LogP contribution in [0.4, 0.5) is 4.39 Å². The molecule has 5 nitrogen and oxygen atoms in total. The molecule has 2 fully saturated rings. The lowest BCUT2D eigenvalue weighted by Crippen LogP contribution is -2.55. The number of amides is 1. The molecule has 1 aromatic rings. The van der Waals surface area contributed by atoms with Crippen LogP contribution in [0.2, 0.25) is 0 Å². The highest BCUT2D eigenvalue weighted by Crippen LogP contribution is 2.24. The van der Waals surface area contributed by atoms with Crippen molar-refractivity contribution in [3.8, 4) is 0 Å². The number of rotatable bonds is 2. The van der Waals surface area contributed by atoms with Gasteiger partial charge in [0.1, 0.15) is 18.0 Å². The third-order valence-corrected chi connectivity index (χ3v) is 3.85. The van der Waals surface area contributed by atoms with Gasteiger partial charge in [0.25, 0.3) is 0 Å². The number of carbonyl (C=O) groups is 1. The van der Waals surface area contributed by atoms with E-state index in [4.69, 9.17) is 9.47 Å². The van der Waals surface area contributed by atoms with Crippen molar-refractivity contribution in [3.63, 3.8) is 0 Å². The number of hydrogen-bond donors (Lipinski definition) is 1. The third-order valence-electron chi connectivity index (χ3n) is 3.85. The Kier molecular flexibility index (Phi) is 4.48. The van der Waals surface area contributed by atoms with Crippen LogP contribution in [0.1, 0.15) is 11.7 Å². The van der Waals surface area contributed by atoms with Gasteiger partial charge in [-0.25, -0.2) is 4.39 Å². The number of nitrogens with one attached hydrogen (secondary N) is 1. The molecule has 0 unspecified atom stereocenters. The number of halogens is 1. The number of hydrogen-bond acceptors (Lipinski definition) is 4. The molecule has 6 heteroatoms. The lowest BCUT2D eigenvalue weighted by molar-refractivity contribution is -0.144. The van der Waals surface area contributed by atoms with E-state index in [-0.39, 0.29) is 17.8 Å². The Labute approximate surface area is 123 Å². The molecular weight excluding hydrogens is 275 g/mol. The standard InChI is InChI=1S/C15H19FN2O3/c16-12-4-2-1-3-11(12)14-9-18(6-8-21-14)15(19)13-10-20-7-5-17-13/h1-4,13-14,17H,5-10H2/t13-,14+/m0/s1. The zero-order chi connectivity index (χ0) is 14.7. The Bertz CT molecular complexity index is 505. The Morgan fingerprint density at radius 2 is 2.19 bits per heavy atom. The van der Waals surface area contributed by atoms with Crippen LogP contribution in [0, 0.1) is 5.82 Å². The SMILES string of the molecule is O=C([C@@H]1COCCN1)N1CCO[C@@H](c2ccccc2F)C1. The number of nitrogens with zero attached hydrogens (tertiary/aromatic N) is 1. The number of benzene rings is 1. The molecule has 3 rings (SSSR count). The van der Waals surface area contributed by atoms with Crippen LogP contribution in [0.5, 0.6) is 0 Å². The van der Waals surface area contributed by atoms with E-state index in [1.54, 1.807) is 23.1 Å². The van der Waals surface area contributed by atoms with E-state index in [2.05, 4.69) is 5.32 Å². The van der Waals surface area contributed by atoms with Crippen molar-refractivity contribution in [1.29, 1.82) is 0 Å². The molecule has 0 radical (unpaired) electrons. The number of ether oxygens (including phenoxy) is 2. The van der Waals surface area contributed by atoms with Gasteiger partial charge in [-0.1, -0.05) is 18.2 Å². The predicted octanol–water partition coefficient (Wildman–Crippen LogP) is 0.714. The third kappa shape index (κ3) is 3.23. The van der Waals surface area contributed by atoms with Gasteiger partial charge in [0.15, 0.2) is 0 Å². The molecule has 21 heavy (non-hydrogen) atoms. The molecule has 1 amide bonds. The fourth-order valence-corrected chi connectivity index (χ4v) is 2.72. The molecule has 0 aromatic heterocycles. The maximum Gasteiger partial charge on any atom is 0.242 e. The second-order valence-corrected chi connectivity index (χ2v) is 5.25. The molecule has 0 spiro atoms. The molecule has 1 N–H and O–H groups in total. The summed E-state index contributed by atoms with van der Waals surface area (Å²) in [5.74, 6) is -0.296. The van der Waals surface area contributed by atoms with Crippen molar-refractivity contribution in [2.45, 2.75) is 12.1 Å². The molecule has 2 heterocycles. The highest BCUT2D eigenvalue weighted by Gasteiger charge is 2.31. The van der Waals surface area contributed by atoms with Gasteiger partial charge in [-0.2, -0.15) is 0 Å². The second-order valence-electron chi connectivity index (χ2n) is 5.25. The highest BCUT2D eigenvalue weighted by atomic mass is 19.1. The summed E-state index contributed by atoms with van der Waals surface area (Å²) < 4.78 is 24.8. The average molecular weight is 294 g/mol. The average Bonchev–Trinajstić information content (AvgIpc) is 2.55. The fraction of sp³-hybridized carbons (Fsp3) is 0.533. The molecule has 0 aliphatic carbocycles. The van der Waals surface area contributed by atoms with Crippen molar-refractivity contribution in [2.75, 3.05) is 39.5 Å². The molecule has 0 bridgehead atoms. The predicted molar refractivity (Wildman–Crippen MR) is 74.3 cm³/mol. The highest BCUT2D eigenvalue weighted by molar-refractivity contribution is 5.82. The number of morpholine rings is 2. The summed E-state index contributed by atoms with van der Waals surface area (Å²) in [5.41, 5.74) is 0.503. The number of carbonyl (C=O) groups excluding carboxylic acids is 1. The van der Waals surface area contributed by atoms with Crippen molar-refractivity contribution >= 4 is 5.91 Å². The summed E-state index contributed by atoms with van der Waals surface area (Å²) in [6, 6.07) is 6.23. The molecule has 114 valence electrons. The molecule has 2 aliphatic heterocycles. The van der Waals surface area contributed by atoms with Gasteiger partial charge in [-0.15, -0.1) is 0 Å². The summed E-state index contributed by atoms with van der Waals surface area (Å²) in [7, 11) is 0. The Hall–Kier alpha value is -1.50. The van der Waals surface area contributed by atoms with E-state index in [9.17, 15) is 9.18 Å². The monoisotopic (exact) mass is 294 g/mol. The molecule has 2 atom stereocenters. The smallest absolute Gasteiger partial charge is 0.242 e. The van der Waals surface area contributed by atoms with Gasteiger partial charge < -0.3 is 19.7 Å². The van der Waals surface area contributed by atoms with Crippen molar-refractivity contribution < 1.29 is 18.7 Å². The summed E-state index contributed by atoms with van der Waals surface area (Å²) in [6.45, 7) is 3.01. The summed E-state index contributed by atoms with van der Waals surface area (Å²) in [6.07, 6.45) is -0.409. The maximum absolute atomic E-state index is 13.8. The second kappa shape index (κ2) is 6.51. The quantitative estimate of drug-likeness (QED) is 0.873. The summed E-state index contributed by atoms with van der Waals surface area (Å²) in [5, 5.41) is 3.15. The van der Waals surface area contributed by atoms with Crippen molar-refractivity contribution in [2.24, 2.45) is 0 Å². The normalized spacial score (nSPS) is 26.6. The lowest BCUT2D eigenvalue weighted by atomic mass is 10.1.